The Labute approximate surface area is 106 Å². The lowest BCUT2D eigenvalue weighted by Gasteiger charge is -1.95. The third-order valence-electron chi connectivity index (χ3n) is 2.50. The second kappa shape index (κ2) is 5.60. The maximum atomic E-state index is 11.8. The average Bonchev–Trinajstić information content (AvgIpc) is 2.46. The Morgan fingerprint density at radius 2 is 1.83 bits per heavy atom. The van der Waals surface area contributed by atoms with Gasteiger partial charge in [-0.05, 0) is 23.8 Å². The zero-order chi connectivity index (χ0) is 12.8. The fourth-order valence-electron chi connectivity index (χ4n) is 1.58. The van der Waals surface area contributed by atoms with E-state index in [1.807, 2.05) is 24.3 Å². The molecule has 0 aliphatic heterocycles. The molecule has 0 atom stereocenters. The van der Waals surface area contributed by atoms with Gasteiger partial charge in [0.05, 0.1) is 11.6 Å². The van der Waals surface area contributed by atoms with Crippen LogP contribution in [0.4, 0.5) is 0 Å². The fourth-order valence-corrected chi connectivity index (χ4v) is 1.58. The van der Waals surface area contributed by atoms with Crippen LogP contribution < -0.4 is 0 Å². The number of allylic oxidation sites excluding steroid dienone is 1. The summed E-state index contributed by atoms with van der Waals surface area (Å²) in [6, 6.07) is 18.3. The zero-order valence-corrected chi connectivity index (χ0v) is 9.71. The Bertz CT molecular complexity index is 621. The van der Waals surface area contributed by atoms with Crippen molar-refractivity contribution < 1.29 is 4.79 Å². The SMILES string of the molecule is N#Cc1cccc(/C=C\C(=O)c2ccccc2)c1. The summed E-state index contributed by atoms with van der Waals surface area (Å²) >= 11 is 0. The van der Waals surface area contributed by atoms with Gasteiger partial charge in [0.25, 0.3) is 0 Å². The van der Waals surface area contributed by atoms with E-state index < -0.39 is 0 Å². The number of carbonyl (C=O) groups is 1. The average molecular weight is 233 g/mol. The van der Waals surface area contributed by atoms with Crippen LogP contribution >= 0.6 is 0 Å². The highest BCUT2D eigenvalue weighted by atomic mass is 16.1. The van der Waals surface area contributed by atoms with E-state index in [0.717, 1.165) is 5.56 Å². The Morgan fingerprint density at radius 1 is 1.06 bits per heavy atom. The van der Waals surface area contributed by atoms with E-state index in [-0.39, 0.29) is 5.78 Å². The summed E-state index contributed by atoms with van der Waals surface area (Å²) in [5.74, 6) is -0.0436. The lowest BCUT2D eigenvalue weighted by atomic mass is 10.1. The van der Waals surface area contributed by atoms with Crippen LogP contribution in [0.5, 0.6) is 0 Å². The third kappa shape index (κ3) is 2.93. The van der Waals surface area contributed by atoms with Gasteiger partial charge in [-0.25, -0.2) is 0 Å². The molecule has 0 unspecified atom stereocenters. The molecule has 2 aromatic carbocycles. The van der Waals surface area contributed by atoms with E-state index in [1.54, 1.807) is 36.4 Å². The summed E-state index contributed by atoms with van der Waals surface area (Å²) in [5, 5.41) is 8.78. The van der Waals surface area contributed by atoms with Crippen molar-refractivity contribution in [2.24, 2.45) is 0 Å². The van der Waals surface area contributed by atoms with Gasteiger partial charge in [-0.2, -0.15) is 5.26 Å². The normalized spacial score (nSPS) is 10.2. The number of nitriles is 1. The Kier molecular flexibility index (Phi) is 3.68. The van der Waals surface area contributed by atoms with Crippen LogP contribution in [0, 0.1) is 11.3 Å². The second-order valence-corrected chi connectivity index (χ2v) is 3.80. The number of benzene rings is 2. The van der Waals surface area contributed by atoms with Crippen LogP contribution in [0.1, 0.15) is 21.5 Å². The molecule has 18 heavy (non-hydrogen) atoms. The van der Waals surface area contributed by atoms with Gasteiger partial charge >= 0.3 is 0 Å². The van der Waals surface area contributed by atoms with Crippen LogP contribution in [0.3, 0.4) is 0 Å². The third-order valence-corrected chi connectivity index (χ3v) is 2.50. The Hall–Kier alpha value is -2.66. The first-order valence-electron chi connectivity index (χ1n) is 5.57. The van der Waals surface area contributed by atoms with Gasteiger partial charge in [0.1, 0.15) is 0 Å². The second-order valence-electron chi connectivity index (χ2n) is 3.80. The van der Waals surface area contributed by atoms with Gasteiger partial charge in [-0.15, -0.1) is 0 Å². The van der Waals surface area contributed by atoms with Crippen molar-refractivity contribution in [3.8, 4) is 6.07 Å². The molecule has 0 aliphatic carbocycles. The minimum Gasteiger partial charge on any atom is -0.289 e. The van der Waals surface area contributed by atoms with Gasteiger partial charge in [-0.1, -0.05) is 48.5 Å². The minimum absolute atomic E-state index is 0.0436. The molecule has 0 spiro atoms. The molecule has 0 fully saturated rings. The highest BCUT2D eigenvalue weighted by Crippen LogP contribution is 2.08. The molecule has 0 saturated carbocycles. The zero-order valence-electron chi connectivity index (χ0n) is 9.71. The molecule has 2 aromatic rings. The molecule has 2 heteroatoms. The van der Waals surface area contributed by atoms with Crippen LogP contribution in [0.15, 0.2) is 60.7 Å². The fraction of sp³-hybridized carbons (Fsp3) is 0. The number of hydrogen-bond acceptors (Lipinski definition) is 2. The van der Waals surface area contributed by atoms with Gasteiger partial charge in [0, 0.05) is 5.56 Å². The molecule has 0 amide bonds. The van der Waals surface area contributed by atoms with Crippen molar-refractivity contribution in [1.82, 2.24) is 0 Å². The van der Waals surface area contributed by atoms with Crippen molar-refractivity contribution in [3.05, 3.63) is 77.4 Å². The topological polar surface area (TPSA) is 40.9 Å². The molecule has 0 N–H and O–H groups in total. The van der Waals surface area contributed by atoms with Crippen molar-refractivity contribution in [2.45, 2.75) is 0 Å². The van der Waals surface area contributed by atoms with Gasteiger partial charge in [-0.3, -0.25) is 4.79 Å². The quantitative estimate of drug-likeness (QED) is 0.601. The van der Waals surface area contributed by atoms with Gasteiger partial charge in [0.15, 0.2) is 5.78 Å². The maximum Gasteiger partial charge on any atom is 0.185 e. The van der Waals surface area contributed by atoms with Crippen molar-refractivity contribution in [2.75, 3.05) is 0 Å². The first kappa shape index (κ1) is 11.8. The highest BCUT2D eigenvalue weighted by Gasteiger charge is 1.99. The lowest BCUT2D eigenvalue weighted by Crippen LogP contribution is -1.92. The molecule has 0 heterocycles. The summed E-state index contributed by atoms with van der Waals surface area (Å²) in [6.07, 6.45) is 3.24. The van der Waals surface area contributed by atoms with E-state index in [0.29, 0.717) is 11.1 Å². The maximum absolute atomic E-state index is 11.8. The number of rotatable bonds is 3. The van der Waals surface area contributed by atoms with Crippen molar-refractivity contribution in [3.63, 3.8) is 0 Å². The van der Waals surface area contributed by atoms with Crippen LogP contribution in [-0.4, -0.2) is 5.78 Å². The van der Waals surface area contributed by atoms with Crippen LogP contribution in [-0.2, 0) is 0 Å². The van der Waals surface area contributed by atoms with E-state index in [1.165, 1.54) is 6.08 Å². The van der Waals surface area contributed by atoms with Gasteiger partial charge in [0.2, 0.25) is 0 Å². The summed E-state index contributed by atoms with van der Waals surface area (Å²) in [4.78, 5) is 11.8. The van der Waals surface area contributed by atoms with Crippen molar-refractivity contribution in [1.29, 1.82) is 5.26 Å². The first-order chi connectivity index (χ1) is 8.79. The molecule has 86 valence electrons. The van der Waals surface area contributed by atoms with E-state index >= 15 is 0 Å². The predicted octanol–water partition coefficient (Wildman–Crippen LogP) is 3.45. The molecule has 2 nitrogen and oxygen atoms in total. The van der Waals surface area contributed by atoms with Gasteiger partial charge < -0.3 is 0 Å². The largest absolute Gasteiger partial charge is 0.289 e. The molecule has 0 saturated heterocycles. The highest BCUT2D eigenvalue weighted by molar-refractivity contribution is 6.06. The van der Waals surface area contributed by atoms with E-state index in [2.05, 4.69) is 6.07 Å². The predicted molar refractivity (Wildman–Crippen MR) is 71.0 cm³/mol. The molecular weight excluding hydrogens is 222 g/mol. The number of ketones is 1. The number of hydrogen-bond donors (Lipinski definition) is 0. The van der Waals surface area contributed by atoms with Crippen LogP contribution in [0.25, 0.3) is 6.08 Å². The summed E-state index contributed by atoms with van der Waals surface area (Å²) in [5.41, 5.74) is 2.09. The molecule has 0 bridgehead atoms. The first-order valence-corrected chi connectivity index (χ1v) is 5.57. The molecule has 0 aromatic heterocycles. The number of nitrogens with zero attached hydrogens (tertiary/aromatic N) is 1. The van der Waals surface area contributed by atoms with Crippen molar-refractivity contribution >= 4 is 11.9 Å². The Balaban J connectivity index is 2.16. The molecular formula is C16H11NO. The number of carbonyl (C=O) groups excluding carboxylic acids is 1. The van der Waals surface area contributed by atoms with Crippen LogP contribution in [0.2, 0.25) is 0 Å². The molecule has 0 radical (unpaired) electrons. The molecule has 2 rings (SSSR count). The van der Waals surface area contributed by atoms with E-state index in [9.17, 15) is 4.79 Å². The summed E-state index contributed by atoms with van der Waals surface area (Å²) in [7, 11) is 0. The lowest BCUT2D eigenvalue weighted by molar-refractivity contribution is 0.104. The summed E-state index contributed by atoms with van der Waals surface area (Å²) in [6.45, 7) is 0. The standard InChI is InChI=1S/C16H11NO/c17-12-14-6-4-5-13(11-14)9-10-16(18)15-7-2-1-3-8-15/h1-11H/b10-9-. The smallest absolute Gasteiger partial charge is 0.185 e. The molecule has 0 aliphatic rings. The van der Waals surface area contributed by atoms with E-state index in [4.69, 9.17) is 5.26 Å². The minimum atomic E-state index is -0.0436. The Morgan fingerprint density at radius 3 is 2.56 bits per heavy atom. The summed E-state index contributed by atoms with van der Waals surface area (Å²) < 4.78 is 0. The monoisotopic (exact) mass is 233 g/mol.